The van der Waals surface area contributed by atoms with Crippen molar-refractivity contribution in [2.75, 3.05) is 0 Å². The number of hydrogen-bond donors (Lipinski definition) is 2. The van der Waals surface area contributed by atoms with E-state index in [1.807, 2.05) is 6.92 Å². The molecule has 0 heterocycles. The lowest BCUT2D eigenvalue weighted by Gasteiger charge is -2.05. The van der Waals surface area contributed by atoms with Gasteiger partial charge in [0.2, 0.25) is 0 Å². The van der Waals surface area contributed by atoms with Crippen LogP contribution in [0.15, 0.2) is 21.1 Å². The molecule has 12 heavy (non-hydrogen) atoms. The highest BCUT2D eigenvalue weighted by atomic mass is 79.9. The first-order valence-electron chi connectivity index (χ1n) is 3.34. The van der Waals surface area contributed by atoms with Gasteiger partial charge in [-0.2, -0.15) is 0 Å². The predicted octanol–water partition coefficient (Wildman–Crippen LogP) is 1.20. The third kappa shape index (κ3) is 2.10. The van der Waals surface area contributed by atoms with E-state index in [0.29, 0.717) is 5.46 Å². The molecule has 1 aromatic rings. The minimum Gasteiger partial charge on any atom is -0.423 e. The number of halogens is 2. The minimum atomic E-state index is -1.42. The highest BCUT2D eigenvalue weighted by molar-refractivity contribution is 9.11. The van der Waals surface area contributed by atoms with Crippen LogP contribution in [0.4, 0.5) is 0 Å². The third-order valence-electron chi connectivity index (χ3n) is 1.60. The molecule has 0 bridgehead atoms. The maximum absolute atomic E-state index is 8.88. The van der Waals surface area contributed by atoms with E-state index in [9.17, 15) is 0 Å². The van der Waals surface area contributed by atoms with E-state index in [1.165, 1.54) is 0 Å². The highest BCUT2D eigenvalue weighted by Gasteiger charge is 2.13. The van der Waals surface area contributed by atoms with Gasteiger partial charge in [-0.3, -0.25) is 0 Å². The summed E-state index contributed by atoms with van der Waals surface area (Å²) in [6.07, 6.45) is 0. The maximum Gasteiger partial charge on any atom is 0.488 e. The van der Waals surface area contributed by atoms with Gasteiger partial charge in [-0.1, -0.05) is 31.9 Å². The van der Waals surface area contributed by atoms with Crippen molar-refractivity contribution in [3.8, 4) is 0 Å². The Morgan fingerprint density at radius 1 is 1.17 bits per heavy atom. The van der Waals surface area contributed by atoms with Crippen molar-refractivity contribution in [1.82, 2.24) is 0 Å². The fourth-order valence-corrected chi connectivity index (χ4v) is 2.04. The summed E-state index contributed by atoms with van der Waals surface area (Å²) in [5.74, 6) is 0. The lowest BCUT2D eigenvalue weighted by atomic mass is 9.80. The maximum atomic E-state index is 8.88. The standard InChI is InChI=1S/C7H7BBr2O2/c1-4-6(9)2-5(8(11)12)3-7(4)10/h2-3,11-12H,1H3. The summed E-state index contributed by atoms with van der Waals surface area (Å²) in [5.41, 5.74) is 1.51. The smallest absolute Gasteiger partial charge is 0.423 e. The Balaban J connectivity index is 3.21. The summed E-state index contributed by atoms with van der Waals surface area (Å²) in [7, 11) is -1.42. The number of hydrogen-bond acceptors (Lipinski definition) is 2. The minimum absolute atomic E-state index is 0.472. The lowest BCUT2D eigenvalue weighted by molar-refractivity contribution is 0.425. The summed E-state index contributed by atoms with van der Waals surface area (Å²) in [6.45, 7) is 1.93. The monoisotopic (exact) mass is 292 g/mol. The lowest BCUT2D eigenvalue weighted by Crippen LogP contribution is -2.29. The second kappa shape index (κ2) is 3.92. The van der Waals surface area contributed by atoms with Gasteiger partial charge in [-0.05, 0) is 30.1 Å². The van der Waals surface area contributed by atoms with Gasteiger partial charge in [0.25, 0.3) is 0 Å². The molecular formula is C7H7BBr2O2. The second-order valence-electron chi connectivity index (χ2n) is 2.48. The van der Waals surface area contributed by atoms with E-state index >= 15 is 0 Å². The first-order chi connectivity index (χ1) is 5.52. The van der Waals surface area contributed by atoms with Crippen LogP contribution in [0, 0.1) is 6.92 Å². The Hall–Kier alpha value is 0.165. The molecule has 0 aliphatic rings. The summed E-state index contributed by atoms with van der Waals surface area (Å²) < 4.78 is 1.72. The molecule has 0 aliphatic carbocycles. The van der Waals surface area contributed by atoms with Crippen LogP contribution in [-0.4, -0.2) is 17.2 Å². The molecule has 0 saturated heterocycles. The van der Waals surface area contributed by atoms with Crippen molar-refractivity contribution in [1.29, 1.82) is 0 Å². The Bertz CT molecular complexity index is 278. The van der Waals surface area contributed by atoms with Crippen LogP contribution in [0.25, 0.3) is 0 Å². The molecule has 0 aromatic heterocycles. The van der Waals surface area contributed by atoms with E-state index in [1.54, 1.807) is 12.1 Å². The van der Waals surface area contributed by atoms with Crippen LogP contribution in [0.1, 0.15) is 5.56 Å². The van der Waals surface area contributed by atoms with Crippen molar-refractivity contribution >= 4 is 44.4 Å². The molecule has 2 N–H and O–H groups in total. The SMILES string of the molecule is Cc1c(Br)cc(B(O)O)cc1Br. The molecule has 64 valence electrons. The summed E-state index contributed by atoms with van der Waals surface area (Å²) >= 11 is 6.63. The van der Waals surface area contributed by atoms with Gasteiger partial charge in [0, 0.05) is 8.95 Å². The average Bonchev–Trinajstić information content (AvgIpc) is 1.99. The molecule has 0 radical (unpaired) electrons. The Morgan fingerprint density at radius 2 is 1.58 bits per heavy atom. The van der Waals surface area contributed by atoms with E-state index in [4.69, 9.17) is 10.0 Å². The summed E-state index contributed by atoms with van der Waals surface area (Å²) in [6, 6.07) is 3.37. The normalized spacial score (nSPS) is 10.1. The molecule has 0 amide bonds. The number of rotatable bonds is 1. The van der Waals surface area contributed by atoms with Gasteiger partial charge < -0.3 is 10.0 Å². The van der Waals surface area contributed by atoms with Gasteiger partial charge in [0.05, 0.1) is 0 Å². The highest BCUT2D eigenvalue weighted by Crippen LogP contribution is 2.22. The van der Waals surface area contributed by atoms with E-state index in [2.05, 4.69) is 31.9 Å². The first kappa shape index (κ1) is 10.2. The summed E-state index contributed by atoms with van der Waals surface area (Å²) in [4.78, 5) is 0. The predicted molar refractivity (Wildman–Crippen MR) is 56.4 cm³/mol. The van der Waals surface area contributed by atoms with Crippen LogP contribution < -0.4 is 5.46 Å². The van der Waals surface area contributed by atoms with E-state index < -0.39 is 7.12 Å². The molecule has 5 heteroatoms. The van der Waals surface area contributed by atoms with Gasteiger partial charge in [-0.15, -0.1) is 0 Å². The molecular weight excluding hydrogens is 287 g/mol. The van der Waals surface area contributed by atoms with E-state index in [-0.39, 0.29) is 0 Å². The van der Waals surface area contributed by atoms with Crippen molar-refractivity contribution in [3.63, 3.8) is 0 Å². The van der Waals surface area contributed by atoms with Crippen LogP contribution in [-0.2, 0) is 0 Å². The van der Waals surface area contributed by atoms with Crippen molar-refractivity contribution in [3.05, 3.63) is 26.6 Å². The van der Waals surface area contributed by atoms with Gasteiger partial charge in [0.15, 0.2) is 0 Å². The molecule has 1 aromatic carbocycles. The summed E-state index contributed by atoms with van der Waals surface area (Å²) in [5, 5.41) is 17.8. The van der Waals surface area contributed by atoms with Crippen LogP contribution >= 0.6 is 31.9 Å². The quantitative estimate of drug-likeness (QED) is 0.764. The van der Waals surface area contributed by atoms with Crippen LogP contribution in [0.2, 0.25) is 0 Å². The van der Waals surface area contributed by atoms with Crippen LogP contribution in [0.5, 0.6) is 0 Å². The zero-order valence-corrected chi connectivity index (χ0v) is 9.55. The first-order valence-corrected chi connectivity index (χ1v) is 4.92. The zero-order chi connectivity index (χ0) is 9.30. The van der Waals surface area contributed by atoms with Crippen molar-refractivity contribution < 1.29 is 10.0 Å². The van der Waals surface area contributed by atoms with Gasteiger partial charge in [0.1, 0.15) is 0 Å². The second-order valence-corrected chi connectivity index (χ2v) is 4.19. The Labute approximate surface area is 88.0 Å². The topological polar surface area (TPSA) is 40.5 Å². The Morgan fingerprint density at radius 3 is 1.92 bits per heavy atom. The van der Waals surface area contributed by atoms with E-state index in [0.717, 1.165) is 14.5 Å². The Kier molecular flexibility index (Phi) is 3.34. The largest absolute Gasteiger partial charge is 0.488 e. The molecule has 0 aliphatic heterocycles. The molecule has 0 saturated carbocycles. The average molecular weight is 294 g/mol. The zero-order valence-electron chi connectivity index (χ0n) is 6.38. The fraction of sp³-hybridized carbons (Fsp3) is 0.143. The molecule has 0 atom stereocenters. The number of benzene rings is 1. The van der Waals surface area contributed by atoms with Gasteiger partial charge >= 0.3 is 7.12 Å². The van der Waals surface area contributed by atoms with Gasteiger partial charge in [-0.25, -0.2) is 0 Å². The van der Waals surface area contributed by atoms with Crippen molar-refractivity contribution in [2.45, 2.75) is 6.92 Å². The molecule has 1 rings (SSSR count). The third-order valence-corrected chi connectivity index (χ3v) is 3.25. The van der Waals surface area contributed by atoms with Crippen LogP contribution in [0.3, 0.4) is 0 Å². The fourth-order valence-electron chi connectivity index (χ4n) is 0.814. The molecule has 0 fully saturated rings. The van der Waals surface area contributed by atoms with Crippen molar-refractivity contribution in [2.24, 2.45) is 0 Å². The molecule has 0 spiro atoms. The molecule has 2 nitrogen and oxygen atoms in total. The molecule has 0 unspecified atom stereocenters.